The van der Waals surface area contributed by atoms with Gasteiger partial charge >= 0.3 is 0 Å². The minimum atomic E-state index is 0.0127. The van der Waals surface area contributed by atoms with Crippen molar-refractivity contribution in [3.05, 3.63) is 17.0 Å². The average molecular weight is 249 g/mol. The number of aromatic amines is 1. The van der Waals surface area contributed by atoms with E-state index in [9.17, 15) is 4.79 Å². The number of aryl methyl sites for hydroxylation is 2. The van der Waals surface area contributed by atoms with E-state index < -0.39 is 0 Å². The van der Waals surface area contributed by atoms with Crippen LogP contribution in [0.5, 0.6) is 0 Å². The lowest BCUT2D eigenvalue weighted by atomic mass is 9.73. The summed E-state index contributed by atoms with van der Waals surface area (Å²) in [6.45, 7) is 8.24. The number of carbonyl (C=O) groups is 1. The molecule has 0 spiro atoms. The Morgan fingerprint density at radius 1 is 1.39 bits per heavy atom. The van der Waals surface area contributed by atoms with E-state index in [4.69, 9.17) is 0 Å². The molecule has 18 heavy (non-hydrogen) atoms. The molecule has 1 amide bonds. The SMILES string of the molecule is Cc1n[nH]c(C)c1C(=O)NC1CCCCC1(C)C. The van der Waals surface area contributed by atoms with Crippen molar-refractivity contribution < 1.29 is 4.79 Å². The molecule has 0 aliphatic heterocycles. The van der Waals surface area contributed by atoms with E-state index in [-0.39, 0.29) is 17.4 Å². The number of amides is 1. The molecule has 1 fully saturated rings. The van der Waals surface area contributed by atoms with Gasteiger partial charge in [0.25, 0.3) is 5.91 Å². The second-order valence-electron chi connectivity index (χ2n) is 6.07. The van der Waals surface area contributed by atoms with E-state index in [0.29, 0.717) is 5.56 Å². The summed E-state index contributed by atoms with van der Waals surface area (Å²) in [5, 5.41) is 10.1. The topological polar surface area (TPSA) is 57.8 Å². The molecule has 1 aromatic heterocycles. The van der Waals surface area contributed by atoms with Crippen LogP contribution in [-0.4, -0.2) is 22.1 Å². The quantitative estimate of drug-likeness (QED) is 0.846. The second-order valence-corrected chi connectivity index (χ2v) is 6.07. The molecule has 0 radical (unpaired) electrons. The Labute approximate surface area is 109 Å². The zero-order chi connectivity index (χ0) is 13.3. The number of nitrogens with one attached hydrogen (secondary N) is 2. The second kappa shape index (κ2) is 4.75. The van der Waals surface area contributed by atoms with Gasteiger partial charge in [0.2, 0.25) is 0 Å². The largest absolute Gasteiger partial charge is 0.349 e. The van der Waals surface area contributed by atoms with Crippen LogP contribution in [0.2, 0.25) is 0 Å². The van der Waals surface area contributed by atoms with Crippen LogP contribution < -0.4 is 5.32 Å². The molecule has 1 aromatic rings. The molecule has 4 nitrogen and oxygen atoms in total. The molecule has 100 valence electrons. The highest BCUT2D eigenvalue weighted by Gasteiger charge is 2.33. The molecule has 4 heteroatoms. The first kappa shape index (κ1) is 13.1. The van der Waals surface area contributed by atoms with Crippen LogP contribution in [-0.2, 0) is 0 Å². The number of hydrogen-bond donors (Lipinski definition) is 2. The van der Waals surface area contributed by atoms with Gasteiger partial charge in [-0.1, -0.05) is 26.7 Å². The molecule has 1 atom stereocenters. The summed E-state index contributed by atoms with van der Waals surface area (Å²) >= 11 is 0. The van der Waals surface area contributed by atoms with Crippen molar-refractivity contribution in [2.75, 3.05) is 0 Å². The van der Waals surface area contributed by atoms with Gasteiger partial charge in [-0.05, 0) is 32.1 Å². The van der Waals surface area contributed by atoms with Gasteiger partial charge < -0.3 is 5.32 Å². The number of H-pyrrole nitrogens is 1. The number of hydrogen-bond acceptors (Lipinski definition) is 2. The summed E-state index contributed by atoms with van der Waals surface area (Å²) in [7, 11) is 0. The summed E-state index contributed by atoms with van der Waals surface area (Å²) in [4.78, 5) is 12.3. The maximum Gasteiger partial charge on any atom is 0.255 e. The van der Waals surface area contributed by atoms with Gasteiger partial charge in [-0.25, -0.2) is 0 Å². The third-order valence-corrected chi connectivity index (χ3v) is 4.17. The standard InChI is InChI=1S/C14H23N3O/c1-9-12(10(2)17-16-9)13(18)15-11-7-5-6-8-14(11,3)4/h11H,5-8H2,1-4H3,(H,15,18)(H,16,17). The molecule has 2 rings (SSSR count). The first-order valence-electron chi connectivity index (χ1n) is 6.74. The fourth-order valence-electron chi connectivity index (χ4n) is 2.88. The van der Waals surface area contributed by atoms with Crippen LogP contribution in [0.25, 0.3) is 0 Å². The van der Waals surface area contributed by atoms with E-state index in [0.717, 1.165) is 17.8 Å². The van der Waals surface area contributed by atoms with E-state index in [2.05, 4.69) is 29.4 Å². The van der Waals surface area contributed by atoms with Crippen molar-refractivity contribution in [3.63, 3.8) is 0 Å². The van der Waals surface area contributed by atoms with Crippen LogP contribution in [0.15, 0.2) is 0 Å². The zero-order valence-corrected chi connectivity index (χ0v) is 11.8. The molecule has 1 aliphatic carbocycles. The summed E-state index contributed by atoms with van der Waals surface area (Å²) in [6.07, 6.45) is 4.73. The predicted octanol–water partition coefficient (Wildman–Crippen LogP) is 2.73. The highest BCUT2D eigenvalue weighted by molar-refractivity contribution is 5.96. The lowest BCUT2D eigenvalue weighted by Gasteiger charge is -2.39. The van der Waals surface area contributed by atoms with Gasteiger partial charge in [0, 0.05) is 11.7 Å². The zero-order valence-electron chi connectivity index (χ0n) is 11.8. The number of nitrogens with zero attached hydrogens (tertiary/aromatic N) is 1. The van der Waals surface area contributed by atoms with Crippen molar-refractivity contribution in [1.29, 1.82) is 0 Å². The lowest BCUT2D eigenvalue weighted by Crippen LogP contribution is -2.47. The molecular weight excluding hydrogens is 226 g/mol. The number of carbonyl (C=O) groups excluding carboxylic acids is 1. The number of rotatable bonds is 2. The van der Waals surface area contributed by atoms with E-state index >= 15 is 0 Å². The van der Waals surface area contributed by atoms with Gasteiger partial charge in [-0.3, -0.25) is 9.89 Å². The Hall–Kier alpha value is -1.32. The van der Waals surface area contributed by atoms with Crippen molar-refractivity contribution in [3.8, 4) is 0 Å². The van der Waals surface area contributed by atoms with Crippen LogP contribution in [0.1, 0.15) is 61.3 Å². The van der Waals surface area contributed by atoms with Gasteiger partial charge in [0.05, 0.1) is 11.3 Å². The molecule has 0 aromatic carbocycles. The molecular formula is C14H23N3O. The Kier molecular flexibility index (Phi) is 3.46. The molecule has 1 saturated carbocycles. The molecule has 2 N–H and O–H groups in total. The molecule has 0 bridgehead atoms. The predicted molar refractivity (Wildman–Crippen MR) is 71.6 cm³/mol. The maximum atomic E-state index is 12.3. The smallest absolute Gasteiger partial charge is 0.255 e. The molecule has 1 unspecified atom stereocenters. The summed E-state index contributed by atoms with van der Waals surface area (Å²) < 4.78 is 0. The van der Waals surface area contributed by atoms with E-state index in [1.807, 2.05) is 13.8 Å². The summed E-state index contributed by atoms with van der Waals surface area (Å²) in [5.41, 5.74) is 2.52. The number of aromatic nitrogens is 2. The first-order chi connectivity index (χ1) is 8.42. The lowest BCUT2D eigenvalue weighted by molar-refractivity contribution is 0.0852. The van der Waals surface area contributed by atoms with Crippen LogP contribution in [0, 0.1) is 19.3 Å². The Bertz CT molecular complexity index is 428. The normalized spacial score (nSPS) is 22.8. The van der Waals surface area contributed by atoms with Crippen molar-refractivity contribution in [1.82, 2.24) is 15.5 Å². The van der Waals surface area contributed by atoms with Crippen molar-refractivity contribution in [2.24, 2.45) is 5.41 Å². The molecule has 1 heterocycles. The maximum absolute atomic E-state index is 12.3. The average Bonchev–Trinajstić information content (AvgIpc) is 2.61. The van der Waals surface area contributed by atoms with Gasteiger partial charge in [-0.2, -0.15) is 5.10 Å². The minimum Gasteiger partial charge on any atom is -0.349 e. The van der Waals surface area contributed by atoms with Crippen LogP contribution >= 0.6 is 0 Å². The van der Waals surface area contributed by atoms with Gasteiger partial charge in [-0.15, -0.1) is 0 Å². The Morgan fingerprint density at radius 2 is 2.11 bits per heavy atom. The minimum absolute atomic E-state index is 0.0127. The Balaban J connectivity index is 2.12. The van der Waals surface area contributed by atoms with Gasteiger partial charge in [0.1, 0.15) is 0 Å². The fourth-order valence-corrected chi connectivity index (χ4v) is 2.88. The van der Waals surface area contributed by atoms with Gasteiger partial charge in [0.15, 0.2) is 0 Å². The molecule has 0 saturated heterocycles. The van der Waals surface area contributed by atoms with Crippen molar-refractivity contribution >= 4 is 5.91 Å². The summed E-state index contributed by atoms with van der Waals surface area (Å²) in [6, 6.07) is 0.271. The third kappa shape index (κ3) is 2.42. The fraction of sp³-hybridized carbons (Fsp3) is 0.714. The first-order valence-corrected chi connectivity index (χ1v) is 6.74. The van der Waals surface area contributed by atoms with Crippen LogP contribution in [0.3, 0.4) is 0 Å². The third-order valence-electron chi connectivity index (χ3n) is 4.17. The summed E-state index contributed by atoms with van der Waals surface area (Å²) in [5.74, 6) is 0.0127. The van der Waals surface area contributed by atoms with Crippen LogP contribution in [0.4, 0.5) is 0 Å². The van der Waals surface area contributed by atoms with Crippen molar-refractivity contribution in [2.45, 2.75) is 59.4 Å². The van der Waals surface area contributed by atoms with E-state index in [1.54, 1.807) is 0 Å². The van der Waals surface area contributed by atoms with E-state index in [1.165, 1.54) is 19.3 Å². The monoisotopic (exact) mass is 249 g/mol. The highest BCUT2D eigenvalue weighted by atomic mass is 16.1. The highest BCUT2D eigenvalue weighted by Crippen LogP contribution is 2.35. The molecule has 1 aliphatic rings. The Morgan fingerprint density at radius 3 is 2.67 bits per heavy atom.